The first-order chi connectivity index (χ1) is 19.9. The predicted molar refractivity (Wildman–Crippen MR) is 154 cm³/mol. The molecule has 2 heterocycles. The van der Waals surface area contributed by atoms with Crippen LogP contribution in [0.5, 0.6) is 0 Å². The second kappa shape index (κ2) is 14.4. The molecule has 4 amide bonds. The van der Waals surface area contributed by atoms with Gasteiger partial charge in [-0.05, 0) is 25.1 Å². The summed E-state index contributed by atoms with van der Waals surface area (Å²) in [6.45, 7) is 5.13. The summed E-state index contributed by atoms with van der Waals surface area (Å²) in [6, 6.07) is 13.3. The van der Waals surface area contributed by atoms with Crippen molar-refractivity contribution >= 4 is 40.2 Å². The Bertz CT molecular complexity index is 1360. The van der Waals surface area contributed by atoms with Gasteiger partial charge in [-0.2, -0.15) is 0 Å². The largest absolute Gasteiger partial charge is 0.378 e. The third-order valence-electron chi connectivity index (χ3n) is 6.77. The maximum atomic E-state index is 13.3. The molecule has 1 unspecified atom stereocenters. The highest BCUT2D eigenvalue weighted by Gasteiger charge is 2.34. The third kappa shape index (κ3) is 7.48. The Balaban J connectivity index is 1.32. The number of ketones is 1. The number of piperazine rings is 1. The van der Waals surface area contributed by atoms with Crippen LogP contribution in [-0.4, -0.2) is 104 Å². The van der Waals surface area contributed by atoms with Gasteiger partial charge in [-0.3, -0.25) is 14.4 Å². The van der Waals surface area contributed by atoms with E-state index < -0.39 is 17.7 Å². The highest BCUT2D eigenvalue weighted by Crippen LogP contribution is 2.26. The summed E-state index contributed by atoms with van der Waals surface area (Å²) >= 11 is 0. The predicted octanol–water partition coefficient (Wildman–Crippen LogP) is 1.84. The molecule has 0 radical (unpaired) electrons. The summed E-state index contributed by atoms with van der Waals surface area (Å²) in [4.78, 5) is 58.0. The molecule has 1 aromatic heterocycles. The van der Waals surface area contributed by atoms with Crippen LogP contribution >= 0.6 is 0 Å². The number of H-pyrrole nitrogens is 1. The number of para-hydroxylation sites is 1. The highest BCUT2D eigenvalue weighted by molar-refractivity contribution is 6.45. The number of anilines is 1. The number of aromatic nitrogens is 1. The van der Waals surface area contributed by atoms with E-state index in [2.05, 4.69) is 15.6 Å². The monoisotopic (exact) mass is 564 g/mol. The van der Waals surface area contributed by atoms with Gasteiger partial charge in [0.25, 0.3) is 17.6 Å². The molecule has 41 heavy (non-hydrogen) atoms. The van der Waals surface area contributed by atoms with Crippen molar-refractivity contribution in [1.82, 2.24) is 20.1 Å². The molecule has 1 fully saturated rings. The molecule has 1 saturated heterocycles. The fourth-order valence-electron chi connectivity index (χ4n) is 4.71. The molecule has 218 valence electrons. The van der Waals surface area contributed by atoms with Crippen LogP contribution in [0.2, 0.25) is 0 Å². The molecule has 0 aliphatic carbocycles. The Morgan fingerprint density at radius 1 is 0.976 bits per heavy atom. The van der Waals surface area contributed by atoms with Gasteiger partial charge in [0.15, 0.2) is 0 Å². The third-order valence-corrected chi connectivity index (χ3v) is 6.77. The van der Waals surface area contributed by atoms with E-state index in [4.69, 9.17) is 15.2 Å². The molecule has 12 nitrogen and oxygen atoms in total. The summed E-state index contributed by atoms with van der Waals surface area (Å²) in [5, 5.41) is 6.00. The van der Waals surface area contributed by atoms with E-state index in [0.717, 1.165) is 0 Å². The number of hydrogen-bond donors (Lipinski definition) is 4. The van der Waals surface area contributed by atoms with Gasteiger partial charge in [0.2, 0.25) is 0 Å². The minimum atomic E-state index is -0.653. The van der Waals surface area contributed by atoms with Gasteiger partial charge >= 0.3 is 6.03 Å². The van der Waals surface area contributed by atoms with E-state index in [-0.39, 0.29) is 24.1 Å². The molecule has 1 atom stereocenters. The van der Waals surface area contributed by atoms with Crippen molar-refractivity contribution in [3.8, 4) is 0 Å². The number of nitrogens with two attached hydrogens (primary N) is 1. The Kier molecular flexibility index (Phi) is 10.4. The zero-order chi connectivity index (χ0) is 29.2. The van der Waals surface area contributed by atoms with E-state index in [1.165, 1.54) is 11.1 Å². The smallest absolute Gasteiger partial charge is 0.319 e. The van der Waals surface area contributed by atoms with Gasteiger partial charge in [0.05, 0.1) is 43.2 Å². The van der Waals surface area contributed by atoms with Crippen LogP contribution in [0.3, 0.4) is 0 Å². The van der Waals surface area contributed by atoms with Crippen LogP contribution in [0.1, 0.15) is 27.6 Å². The molecule has 0 bridgehead atoms. The molecule has 1 aliphatic heterocycles. The topological polar surface area (TPSA) is 159 Å². The minimum absolute atomic E-state index is 0.1000. The number of carbonyl (C=O) groups excluding carboxylic acids is 4. The normalized spacial score (nSPS) is 15.1. The van der Waals surface area contributed by atoms with E-state index in [1.54, 1.807) is 35.2 Å². The van der Waals surface area contributed by atoms with Gasteiger partial charge in [0, 0.05) is 55.9 Å². The maximum absolute atomic E-state index is 13.3. The molecule has 1 aliphatic rings. The lowest BCUT2D eigenvalue weighted by Gasteiger charge is -2.39. The maximum Gasteiger partial charge on any atom is 0.319 e. The van der Waals surface area contributed by atoms with Crippen molar-refractivity contribution in [3.05, 3.63) is 65.9 Å². The van der Waals surface area contributed by atoms with Gasteiger partial charge in [0.1, 0.15) is 0 Å². The fourth-order valence-corrected chi connectivity index (χ4v) is 4.71. The summed E-state index contributed by atoms with van der Waals surface area (Å²) in [7, 11) is 0. The second-order valence-electron chi connectivity index (χ2n) is 9.62. The van der Waals surface area contributed by atoms with E-state index in [0.29, 0.717) is 74.8 Å². The van der Waals surface area contributed by atoms with Crippen LogP contribution in [0.4, 0.5) is 10.5 Å². The number of benzene rings is 2. The van der Waals surface area contributed by atoms with Gasteiger partial charge in [-0.1, -0.05) is 30.3 Å². The van der Waals surface area contributed by atoms with E-state index in [9.17, 15) is 19.2 Å². The van der Waals surface area contributed by atoms with Crippen molar-refractivity contribution in [2.24, 2.45) is 5.73 Å². The number of rotatable bonds is 12. The van der Waals surface area contributed by atoms with Crippen molar-refractivity contribution in [1.29, 1.82) is 0 Å². The SMILES string of the molecule is CC1CN(C(=O)c2ccccc2)CCN1C(=O)C(=O)c1c[nH]c2c(NC(=O)NCCOCCOCCN)cccc12. The molecule has 0 spiro atoms. The van der Waals surface area contributed by atoms with Gasteiger partial charge in [-0.15, -0.1) is 0 Å². The number of nitrogens with zero attached hydrogens (tertiary/aromatic N) is 2. The molecule has 5 N–H and O–H groups in total. The highest BCUT2D eigenvalue weighted by atomic mass is 16.5. The second-order valence-corrected chi connectivity index (χ2v) is 9.62. The lowest BCUT2D eigenvalue weighted by atomic mass is 10.1. The first-order valence-corrected chi connectivity index (χ1v) is 13.6. The average molecular weight is 565 g/mol. The van der Waals surface area contributed by atoms with Crippen LogP contribution in [0.25, 0.3) is 10.9 Å². The van der Waals surface area contributed by atoms with E-state index in [1.807, 2.05) is 25.1 Å². The van der Waals surface area contributed by atoms with E-state index >= 15 is 0 Å². The molecule has 0 saturated carbocycles. The summed E-state index contributed by atoms with van der Waals surface area (Å²) in [5.74, 6) is -1.38. The summed E-state index contributed by atoms with van der Waals surface area (Å²) in [5.41, 5.74) is 7.14. The number of amides is 4. The zero-order valence-corrected chi connectivity index (χ0v) is 23.1. The van der Waals surface area contributed by atoms with Crippen LogP contribution in [0.15, 0.2) is 54.7 Å². The summed E-state index contributed by atoms with van der Waals surface area (Å²) < 4.78 is 10.6. The number of carbonyl (C=O) groups is 4. The molecule has 12 heteroatoms. The van der Waals surface area contributed by atoms with Crippen molar-refractivity contribution in [3.63, 3.8) is 0 Å². The molecule has 4 rings (SSSR count). The number of aromatic amines is 1. The first-order valence-electron chi connectivity index (χ1n) is 13.6. The summed E-state index contributed by atoms with van der Waals surface area (Å²) in [6.07, 6.45) is 1.48. The number of hydrogen-bond acceptors (Lipinski definition) is 7. The Hall–Kier alpha value is -4.26. The number of ether oxygens (including phenoxy) is 2. The standard InChI is InChI=1S/C29H36N6O6/c1-20-19-34(27(37)21-6-3-2-4-7-21)12-13-35(20)28(38)26(36)23-18-32-25-22(23)8-5-9-24(25)33-29(39)31-11-15-41-17-16-40-14-10-30/h2-9,18,20,32H,10-17,19,30H2,1H3,(H2,31,33,39). The Labute approximate surface area is 238 Å². The lowest BCUT2D eigenvalue weighted by Crippen LogP contribution is -2.56. The van der Waals surface area contributed by atoms with Crippen molar-refractivity contribution in [2.75, 3.05) is 64.5 Å². The zero-order valence-electron chi connectivity index (χ0n) is 23.1. The van der Waals surface area contributed by atoms with Gasteiger partial charge in [-0.25, -0.2) is 4.79 Å². The Morgan fingerprint density at radius 3 is 2.46 bits per heavy atom. The fraction of sp³-hybridized carbons (Fsp3) is 0.379. The molecular formula is C29H36N6O6. The Morgan fingerprint density at radius 2 is 1.73 bits per heavy atom. The van der Waals surface area contributed by atoms with Crippen molar-refractivity contribution < 1.29 is 28.7 Å². The first kappa shape index (κ1) is 29.7. The number of urea groups is 1. The minimum Gasteiger partial charge on any atom is -0.378 e. The molecule has 3 aromatic rings. The number of fused-ring (bicyclic) bond motifs is 1. The molecular weight excluding hydrogens is 528 g/mol. The number of Topliss-reactive ketones (excluding diaryl/α,β-unsaturated/α-hetero) is 1. The van der Waals surface area contributed by atoms with Crippen LogP contribution < -0.4 is 16.4 Å². The molecule has 2 aromatic carbocycles. The lowest BCUT2D eigenvalue weighted by molar-refractivity contribution is -0.130. The van der Waals surface area contributed by atoms with Crippen molar-refractivity contribution in [2.45, 2.75) is 13.0 Å². The number of nitrogens with one attached hydrogen (secondary N) is 3. The van der Waals surface area contributed by atoms with Crippen LogP contribution in [0, 0.1) is 0 Å². The van der Waals surface area contributed by atoms with Gasteiger partial charge < -0.3 is 40.6 Å². The quantitative estimate of drug-likeness (QED) is 0.148. The average Bonchev–Trinajstić information content (AvgIpc) is 3.43. The van der Waals surface area contributed by atoms with Crippen LogP contribution in [-0.2, 0) is 14.3 Å².